The van der Waals surface area contributed by atoms with Crippen molar-refractivity contribution >= 4 is 34.2 Å². The summed E-state index contributed by atoms with van der Waals surface area (Å²) >= 11 is 0. The average Bonchev–Trinajstić information content (AvgIpc) is 2.85. The summed E-state index contributed by atoms with van der Waals surface area (Å²) in [6.45, 7) is 9.54. The van der Waals surface area contributed by atoms with Crippen LogP contribution in [0, 0.1) is 5.41 Å². The number of piperidine rings is 1. The highest BCUT2D eigenvalue weighted by Crippen LogP contribution is 2.37. The van der Waals surface area contributed by atoms with Crippen molar-refractivity contribution in [1.82, 2.24) is 25.3 Å². The first-order valence-electron chi connectivity index (χ1n) is 13.2. The third-order valence-electron chi connectivity index (χ3n) is 8.20. The third kappa shape index (κ3) is 4.57. The van der Waals surface area contributed by atoms with E-state index in [1.54, 1.807) is 17.2 Å². The van der Waals surface area contributed by atoms with Gasteiger partial charge >= 0.3 is 0 Å². The summed E-state index contributed by atoms with van der Waals surface area (Å²) in [6.07, 6.45) is 7.10. The summed E-state index contributed by atoms with van der Waals surface area (Å²) in [5.41, 5.74) is -0.252. The molecule has 3 fully saturated rings. The van der Waals surface area contributed by atoms with Gasteiger partial charge in [0.25, 0.3) is 0 Å². The lowest BCUT2D eigenvalue weighted by Crippen LogP contribution is -2.52. The van der Waals surface area contributed by atoms with E-state index in [0.717, 1.165) is 42.6 Å². The van der Waals surface area contributed by atoms with E-state index in [1.807, 2.05) is 12.4 Å². The minimum Gasteiger partial charge on any atom is -0.390 e. The molecule has 3 unspecified atom stereocenters. The summed E-state index contributed by atoms with van der Waals surface area (Å²) in [7, 11) is 0. The summed E-state index contributed by atoms with van der Waals surface area (Å²) in [5, 5.41) is 18.9. The summed E-state index contributed by atoms with van der Waals surface area (Å²) in [6, 6.07) is 4.35. The molecule has 0 amide bonds. The number of fused-ring (bicyclic) bond motifs is 1. The van der Waals surface area contributed by atoms with E-state index in [0.29, 0.717) is 36.6 Å². The Morgan fingerprint density at radius 3 is 2.62 bits per heavy atom. The summed E-state index contributed by atoms with van der Waals surface area (Å²) in [4.78, 5) is 22.7. The molecule has 10 heteroatoms. The Morgan fingerprint density at radius 1 is 1.11 bits per heavy atom. The number of nitrogens with zero attached hydrogens (tertiary/aromatic N) is 6. The second kappa shape index (κ2) is 9.02. The van der Waals surface area contributed by atoms with Crippen LogP contribution in [-0.2, 0) is 6.42 Å². The zero-order valence-corrected chi connectivity index (χ0v) is 21.7. The van der Waals surface area contributed by atoms with Crippen LogP contribution in [0.3, 0.4) is 0 Å². The Balaban J connectivity index is 1.30. The van der Waals surface area contributed by atoms with Gasteiger partial charge in [-0.05, 0) is 61.6 Å². The molecule has 3 saturated heterocycles. The summed E-state index contributed by atoms with van der Waals surface area (Å²) < 4.78 is 14.7. The number of hydrogen-bond donors (Lipinski definition) is 3. The molecule has 9 nitrogen and oxygen atoms in total. The van der Waals surface area contributed by atoms with Gasteiger partial charge < -0.3 is 25.5 Å². The number of pyridine rings is 2. The molecule has 3 N–H and O–H groups in total. The van der Waals surface area contributed by atoms with Crippen LogP contribution < -0.4 is 20.4 Å². The molecule has 0 radical (unpaired) electrons. The van der Waals surface area contributed by atoms with Gasteiger partial charge in [0.05, 0.1) is 12.6 Å². The Labute approximate surface area is 216 Å². The Hall–Kier alpha value is -3.11. The molecule has 3 aliphatic rings. The fourth-order valence-corrected chi connectivity index (χ4v) is 5.59. The van der Waals surface area contributed by atoms with Gasteiger partial charge in [-0.25, -0.2) is 19.3 Å². The second-order valence-electron chi connectivity index (χ2n) is 11.5. The molecule has 0 aliphatic carbocycles. The minimum absolute atomic E-state index is 0.0491. The molecule has 0 saturated carbocycles. The maximum atomic E-state index is 14.7. The van der Waals surface area contributed by atoms with Crippen LogP contribution in [0.1, 0.15) is 39.2 Å². The van der Waals surface area contributed by atoms with E-state index in [2.05, 4.69) is 45.4 Å². The third-order valence-corrected chi connectivity index (χ3v) is 8.20. The number of aliphatic hydroxyl groups is 1. The van der Waals surface area contributed by atoms with Gasteiger partial charge in [-0.15, -0.1) is 0 Å². The first-order valence-corrected chi connectivity index (χ1v) is 13.2. The topological polar surface area (TPSA) is 102 Å². The van der Waals surface area contributed by atoms with Gasteiger partial charge in [-0.2, -0.15) is 4.98 Å². The van der Waals surface area contributed by atoms with Crippen molar-refractivity contribution in [2.24, 2.45) is 5.41 Å². The Morgan fingerprint density at radius 2 is 1.95 bits per heavy atom. The van der Waals surface area contributed by atoms with Crippen LogP contribution in [0.5, 0.6) is 0 Å². The molecule has 6 heterocycles. The van der Waals surface area contributed by atoms with Crippen molar-refractivity contribution in [2.45, 2.75) is 57.8 Å². The lowest BCUT2D eigenvalue weighted by molar-refractivity contribution is -0.00860. The largest absolute Gasteiger partial charge is 0.390 e. The zero-order valence-electron chi connectivity index (χ0n) is 21.7. The van der Waals surface area contributed by atoms with Crippen molar-refractivity contribution in [3.05, 3.63) is 36.3 Å². The number of nitrogens with one attached hydrogen (secondary N) is 2. The molecular formula is C27H35FN8O. The predicted molar refractivity (Wildman–Crippen MR) is 143 cm³/mol. The first-order chi connectivity index (χ1) is 17.7. The fraction of sp³-hybridized carbons (Fsp3) is 0.556. The SMILES string of the molecule is CC1CCN1c1ncc(CC2(C)CNC2)c2cc(Nc3ccnc(N4CCC(O)C(C)(F)C4)n3)ncc12. The van der Waals surface area contributed by atoms with Crippen LogP contribution in [-0.4, -0.2) is 75.6 Å². The molecule has 0 bridgehead atoms. The van der Waals surface area contributed by atoms with Gasteiger partial charge in [-0.3, -0.25) is 0 Å². The highest BCUT2D eigenvalue weighted by molar-refractivity contribution is 5.95. The molecular weight excluding hydrogens is 471 g/mol. The zero-order chi connectivity index (χ0) is 25.8. The number of hydrogen-bond acceptors (Lipinski definition) is 9. The molecule has 6 rings (SSSR count). The smallest absolute Gasteiger partial charge is 0.227 e. The number of rotatable bonds is 6. The predicted octanol–water partition coefficient (Wildman–Crippen LogP) is 3.21. The molecule has 0 spiro atoms. The normalized spacial score (nSPS) is 27.1. The number of anilines is 4. The fourth-order valence-electron chi connectivity index (χ4n) is 5.59. The standard InChI is InChI=1S/C27H35FN8O/c1-17-5-9-36(17)24-20-13-31-23(10-19(20)18(12-32-24)11-26(2)14-29-15-26)33-22-4-7-30-25(34-22)35-8-6-21(37)27(3,28)16-35/h4,7,10,12-13,17,21,29,37H,5-6,8-9,11,14-16H2,1-3H3,(H,30,31,33,34). The quantitative estimate of drug-likeness (QED) is 0.465. The van der Waals surface area contributed by atoms with E-state index in [9.17, 15) is 9.50 Å². The van der Waals surface area contributed by atoms with Crippen LogP contribution in [0.15, 0.2) is 30.7 Å². The van der Waals surface area contributed by atoms with Crippen LogP contribution in [0.25, 0.3) is 10.8 Å². The van der Waals surface area contributed by atoms with Gasteiger partial charge in [0.1, 0.15) is 17.5 Å². The van der Waals surface area contributed by atoms with Gasteiger partial charge in [0, 0.05) is 56.2 Å². The van der Waals surface area contributed by atoms with E-state index in [4.69, 9.17) is 9.97 Å². The van der Waals surface area contributed by atoms with Gasteiger partial charge in [0.15, 0.2) is 5.67 Å². The van der Waals surface area contributed by atoms with E-state index in [-0.39, 0.29) is 12.0 Å². The number of halogens is 1. The lowest BCUT2D eigenvalue weighted by Gasteiger charge is -2.41. The minimum atomic E-state index is -1.70. The maximum Gasteiger partial charge on any atom is 0.227 e. The monoisotopic (exact) mass is 506 g/mol. The molecule has 3 aliphatic heterocycles. The van der Waals surface area contributed by atoms with Crippen molar-refractivity contribution < 1.29 is 9.50 Å². The molecule has 3 aromatic heterocycles. The highest BCUT2D eigenvalue weighted by Gasteiger charge is 2.40. The van der Waals surface area contributed by atoms with E-state index < -0.39 is 11.8 Å². The highest BCUT2D eigenvalue weighted by atomic mass is 19.1. The second-order valence-corrected chi connectivity index (χ2v) is 11.5. The molecule has 37 heavy (non-hydrogen) atoms. The van der Waals surface area contributed by atoms with Crippen molar-refractivity contribution in [1.29, 1.82) is 0 Å². The number of aromatic nitrogens is 4. The average molecular weight is 507 g/mol. The van der Waals surface area contributed by atoms with Gasteiger partial charge in [0.2, 0.25) is 5.95 Å². The number of alkyl halides is 1. The Kier molecular flexibility index (Phi) is 5.91. The van der Waals surface area contributed by atoms with Crippen molar-refractivity contribution in [3.63, 3.8) is 0 Å². The maximum absolute atomic E-state index is 14.7. The van der Waals surface area contributed by atoms with Crippen molar-refractivity contribution in [2.75, 3.05) is 47.8 Å². The van der Waals surface area contributed by atoms with E-state index >= 15 is 0 Å². The van der Waals surface area contributed by atoms with Crippen molar-refractivity contribution in [3.8, 4) is 0 Å². The van der Waals surface area contributed by atoms with Gasteiger partial charge in [-0.1, -0.05) is 6.92 Å². The van der Waals surface area contributed by atoms with Crippen LogP contribution in [0.2, 0.25) is 0 Å². The molecule has 3 atom stereocenters. The number of aliphatic hydroxyl groups excluding tert-OH is 1. The first kappa shape index (κ1) is 24.2. The van der Waals surface area contributed by atoms with Crippen LogP contribution >= 0.6 is 0 Å². The van der Waals surface area contributed by atoms with E-state index in [1.165, 1.54) is 18.9 Å². The lowest BCUT2D eigenvalue weighted by atomic mass is 9.78. The van der Waals surface area contributed by atoms with Crippen LogP contribution in [0.4, 0.5) is 27.8 Å². The Bertz CT molecular complexity index is 1310. The molecule has 196 valence electrons. The molecule has 3 aromatic rings. The molecule has 0 aromatic carbocycles. The summed E-state index contributed by atoms with van der Waals surface area (Å²) in [5.74, 6) is 2.71.